The van der Waals surface area contributed by atoms with Crippen LogP contribution in [0, 0.1) is 17.6 Å². The van der Waals surface area contributed by atoms with Gasteiger partial charge in [0.2, 0.25) is 0 Å². The van der Waals surface area contributed by atoms with Gasteiger partial charge in [-0.2, -0.15) is 5.10 Å². The van der Waals surface area contributed by atoms with E-state index in [-0.39, 0.29) is 10.6 Å². The van der Waals surface area contributed by atoms with Crippen molar-refractivity contribution < 1.29 is 8.78 Å². The maximum absolute atomic E-state index is 13.3. The predicted octanol–water partition coefficient (Wildman–Crippen LogP) is 3.17. The molecule has 1 aromatic carbocycles. The highest BCUT2D eigenvalue weighted by atomic mass is 35.5. The maximum atomic E-state index is 13.3. The molecule has 2 heterocycles. The highest BCUT2D eigenvalue weighted by molar-refractivity contribution is 6.33. The molecule has 1 aliphatic rings. The number of anilines is 1. The number of aryl methyl sites for hydroxylation is 1. The van der Waals surface area contributed by atoms with Crippen molar-refractivity contribution in [2.75, 3.05) is 18.0 Å². The molecule has 0 amide bonds. The van der Waals surface area contributed by atoms with E-state index in [9.17, 15) is 13.6 Å². The highest BCUT2D eigenvalue weighted by Gasteiger charge is 2.23. The lowest BCUT2D eigenvalue weighted by atomic mass is 9.90. The van der Waals surface area contributed by atoms with E-state index in [0.717, 1.165) is 31.5 Å². The average molecular weight is 354 g/mol. The fourth-order valence-electron chi connectivity index (χ4n) is 3.10. The highest BCUT2D eigenvalue weighted by Crippen LogP contribution is 2.28. The molecule has 0 radical (unpaired) electrons. The Kier molecular flexibility index (Phi) is 4.85. The number of benzene rings is 1. The smallest absolute Gasteiger partial charge is 0.287 e. The largest absolute Gasteiger partial charge is 0.369 e. The molecule has 3 rings (SSSR count). The number of hydrogen-bond donors (Lipinski definition) is 0. The van der Waals surface area contributed by atoms with Gasteiger partial charge in [-0.3, -0.25) is 4.79 Å². The number of rotatable bonds is 3. The zero-order chi connectivity index (χ0) is 17.3. The van der Waals surface area contributed by atoms with Crippen LogP contribution in [-0.2, 0) is 13.5 Å². The fraction of sp³-hybridized carbons (Fsp3) is 0.412. The summed E-state index contributed by atoms with van der Waals surface area (Å²) in [5, 5.41) is 4.21. The van der Waals surface area contributed by atoms with Gasteiger partial charge in [-0.05, 0) is 42.9 Å². The van der Waals surface area contributed by atoms with E-state index in [4.69, 9.17) is 11.6 Å². The summed E-state index contributed by atoms with van der Waals surface area (Å²) in [6.07, 6.45) is 4.11. The van der Waals surface area contributed by atoms with Crippen LogP contribution >= 0.6 is 11.6 Å². The molecule has 7 heteroatoms. The van der Waals surface area contributed by atoms with Crippen molar-refractivity contribution in [1.29, 1.82) is 0 Å². The third kappa shape index (κ3) is 3.43. The van der Waals surface area contributed by atoms with Gasteiger partial charge in [0.15, 0.2) is 11.6 Å². The second kappa shape index (κ2) is 6.89. The second-order valence-corrected chi connectivity index (χ2v) is 6.53. The lowest BCUT2D eigenvalue weighted by molar-refractivity contribution is 0.402. The van der Waals surface area contributed by atoms with Crippen LogP contribution in [0.1, 0.15) is 18.4 Å². The number of halogens is 3. The Morgan fingerprint density at radius 1 is 1.25 bits per heavy atom. The third-order valence-electron chi connectivity index (χ3n) is 4.52. The van der Waals surface area contributed by atoms with Crippen LogP contribution in [0.2, 0.25) is 5.02 Å². The molecule has 0 saturated carbocycles. The van der Waals surface area contributed by atoms with Crippen molar-refractivity contribution in [2.45, 2.75) is 19.3 Å². The van der Waals surface area contributed by atoms with Crippen LogP contribution in [-0.4, -0.2) is 22.9 Å². The average Bonchev–Trinajstić information content (AvgIpc) is 2.57. The van der Waals surface area contributed by atoms with Crippen LogP contribution in [0.15, 0.2) is 29.2 Å². The van der Waals surface area contributed by atoms with Gasteiger partial charge >= 0.3 is 0 Å². The first-order valence-corrected chi connectivity index (χ1v) is 8.24. The SMILES string of the molecule is Cn1ncc(N2CCC(Cc3ccc(F)c(F)c3)CC2)c(Cl)c1=O. The Morgan fingerprint density at radius 2 is 1.96 bits per heavy atom. The molecule has 2 aromatic rings. The normalized spacial score (nSPS) is 15.8. The second-order valence-electron chi connectivity index (χ2n) is 6.16. The molecule has 1 aliphatic heterocycles. The molecule has 0 bridgehead atoms. The predicted molar refractivity (Wildman–Crippen MR) is 89.5 cm³/mol. The zero-order valence-electron chi connectivity index (χ0n) is 13.3. The summed E-state index contributed by atoms with van der Waals surface area (Å²) < 4.78 is 27.5. The van der Waals surface area contributed by atoms with Crippen molar-refractivity contribution in [2.24, 2.45) is 13.0 Å². The summed E-state index contributed by atoms with van der Waals surface area (Å²) in [5.74, 6) is -1.23. The van der Waals surface area contributed by atoms with Gasteiger partial charge in [0.1, 0.15) is 5.02 Å². The lowest BCUT2D eigenvalue weighted by Gasteiger charge is -2.33. The van der Waals surface area contributed by atoms with E-state index in [1.165, 1.54) is 16.8 Å². The Morgan fingerprint density at radius 3 is 2.62 bits per heavy atom. The van der Waals surface area contributed by atoms with Crippen LogP contribution in [0.25, 0.3) is 0 Å². The standard InChI is InChI=1S/C17H18ClF2N3O/c1-22-17(24)16(18)15(10-21-22)23-6-4-11(5-7-23)8-12-2-3-13(19)14(20)9-12/h2-3,9-11H,4-8H2,1H3. The van der Waals surface area contributed by atoms with Gasteiger partial charge in [0, 0.05) is 20.1 Å². The fourth-order valence-corrected chi connectivity index (χ4v) is 3.39. The molecule has 1 fully saturated rings. The number of aromatic nitrogens is 2. The molecule has 0 N–H and O–H groups in total. The summed E-state index contributed by atoms with van der Waals surface area (Å²) in [7, 11) is 1.56. The Balaban J connectivity index is 1.64. The molecular weight excluding hydrogens is 336 g/mol. The lowest BCUT2D eigenvalue weighted by Crippen LogP contribution is -2.36. The third-order valence-corrected chi connectivity index (χ3v) is 4.88. The summed E-state index contributed by atoms with van der Waals surface area (Å²) >= 11 is 6.14. The van der Waals surface area contributed by atoms with Gasteiger partial charge in [0.25, 0.3) is 5.56 Å². The first kappa shape index (κ1) is 16.9. The molecule has 0 unspecified atom stereocenters. The molecule has 0 atom stereocenters. The van der Waals surface area contributed by atoms with Crippen LogP contribution < -0.4 is 10.5 Å². The molecule has 4 nitrogen and oxygen atoms in total. The van der Waals surface area contributed by atoms with E-state index in [0.29, 0.717) is 18.0 Å². The maximum Gasteiger partial charge on any atom is 0.287 e. The van der Waals surface area contributed by atoms with Crippen molar-refractivity contribution in [3.63, 3.8) is 0 Å². The Labute approximate surface area is 143 Å². The first-order chi connectivity index (χ1) is 11.5. The number of hydrogen-bond acceptors (Lipinski definition) is 3. The van der Waals surface area contributed by atoms with Gasteiger partial charge in [-0.15, -0.1) is 0 Å². The van der Waals surface area contributed by atoms with Crippen LogP contribution in [0.5, 0.6) is 0 Å². The topological polar surface area (TPSA) is 38.1 Å². The number of nitrogens with zero attached hydrogens (tertiary/aromatic N) is 3. The molecular formula is C17H18ClF2N3O. The van der Waals surface area contributed by atoms with Gasteiger partial charge in [0.05, 0.1) is 11.9 Å². The van der Waals surface area contributed by atoms with E-state index >= 15 is 0 Å². The minimum atomic E-state index is -0.818. The van der Waals surface area contributed by atoms with E-state index in [1.807, 2.05) is 0 Å². The van der Waals surface area contributed by atoms with E-state index < -0.39 is 11.6 Å². The minimum Gasteiger partial charge on any atom is -0.369 e. The van der Waals surface area contributed by atoms with Gasteiger partial charge < -0.3 is 4.90 Å². The summed E-state index contributed by atoms with van der Waals surface area (Å²) in [6.45, 7) is 1.51. The zero-order valence-corrected chi connectivity index (χ0v) is 14.1. The van der Waals surface area contributed by atoms with E-state index in [2.05, 4.69) is 10.00 Å². The molecule has 0 aliphatic carbocycles. The molecule has 24 heavy (non-hydrogen) atoms. The van der Waals surface area contributed by atoms with Gasteiger partial charge in [-0.25, -0.2) is 13.5 Å². The monoisotopic (exact) mass is 353 g/mol. The van der Waals surface area contributed by atoms with Crippen molar-refractivity contribution in [3.8, 4) is 0 Å². The molecule has 1 aromatic heterocycles. The Hall–Kier alpha value is -1.95. The van der Waals surface area contributed by atoms with Crippen molar-refractivity contribution >= 4 is 17.3 Å². The van der Waals surface area contributed by atoms with Crippen molar-refractivity contribution in [3.05, 3.63) is 57.0 Å². The van der Waals surface area contributed by atoms with Crippen molar-refractivity contribution in [1.82, 2.24) is 9.78 Å². The number of piperidine rings is 1. The van der Waals surface area contributed by atoms with Crippen LogP contribution in [0.4, 0.5) is 14.5 Å². The molecule has 128 valence electrons. The van der Waals surface area contributed by atoms with E-state index in [1.54, 1.807) is 19.3 Å². The minimum absolute atomic E-state index is 0.187. The Bertz CT molecular complexity index is 801. The summed E-state index contributed by atoms with van der Waals surface area (Å²) in [4.78, 5) is 13.9. The summed E-state index contributed by atoms with van der Waals surface area (Å²) in [5.41, 5.74) is 1.16. The quantitative estimate of drug-likeness (QED) is 0.850. The summed E-state index contributed by atoms with van der Waals surface area (Å²) in [6, 6.07) is 4.07. The molecule has 1 saturated heterocycles. The van der Waals surface area contributed by atoms with Gasteiger partial charge in [-0.1, -0.05) is 17.7 Å². The first-order valence-electron chi connectivity index (χ1n) is 7.86. The van der Waals surface area contributed by atoms with Crippen LogP contribution in [0.3, 0.4) is 0 Å². The molecule has 0 spiro atoms.